The fourth-order valence-electron chi connectivity index (χ4n) is 2.66. The number of hydrogen-bond donors (Lipinski definition) is 0. The lowest BCUT2D eigenvalue weighted by molar-refractivity contribution is 0.170. The topological polar surface area (TPSA) is 40.6 Å². The number of piperazine rings is 1. The summed E-state index contributed by atoms with van der Waals surface area (Å²) in [6, 6.07) is 3.52. The van der Waals surface area contributed by atoms with Crippen molar-refractivity contribution in [3.05, 3.63) is 27.7 Å². The minimum absolute atomic E-state index is 0.0356. The second-order valence-electron chi connectivity index (χ2n) is 5.56. The zero-order chi connectivity index (χ0) is 15.8. The van der Waals surface area contributed by atoms with Crippen LogP contribution in [0.5, 0.6) is 0 Å². The molecule has 1 aromatic carbocycles. The van der Waals surface area contributed by atoms with Gasteiger partial charge in [0.1, 0.15) is 0 Å². The molecule has 0 aliphatic carbocycles. The van der Waals surface area contributed by atoms with E-state index in [1.165, 1.54) is 0 Å². The number of likely N-dealkylation sites (N-methyl/N-ethyl adjacent to an activating group) is 1. The minimum Gasteiger partial charge on any atom is -0.303 e. The predicted octanol–water partition coefficient (Wildman–Crippen LogP) is 2.82. The molecule has 118 valence electrons. The Kier molecular flexibility index (Phi) is 5.36. The van der Waals surface area contributed by atoms with E-state index in [-0.39, 0.29) is 6.04 Å². The van der Waals surface area contributed by atoms with E-state index in [0.717, 1.165) is 28.7 Å². The molecular formula is C14H20BrClN2O2S. The molecule has 1 aliphatic rings. The molecule has 7 heteroatoms. The lowest BCUT2D eigenvalue weighted by atomic mass is 10.2. The van der Waals surface area contributed by atoms with Gasteiger partial charge in [-0.1, -0.05) is 15.9 Å². The molecule has 21 heavy (non-hydrogen) atoms. The molecule has 4 nitrogen and oxygen atoms in total. The monoisotopic (exact) mass is 394 g/mol. The normalized spacial score (nSPS) is 21.7. The van der Waals surface area contributed by atoms with E-state index in [0.29, 0.717) is 17.3 Å². The van der Waals surface area contributed by atoms with Crippen LogP contribution in [0.25, 0.3) is 0 Å². The third-order valence-corrected chi connectivity index (χ3v) is 7.14. The number of sulfonamides is 1. The summed E-state index contributed by atoms with van der Waals surface area (Å²) in [4.78, 5) is 2.50. The van der Waals surface area contributed by atoms with E-state index in [9.17, 15) is 8.42 Å². The fourth-order valence-corrected chi connectivity index (χ4v) is 5.36. The van der Waals surface area contributed by atoms with E-state index in [1.807, 2.05) is 27.0 Å². The highest BCUT2D eigenvalue weighted by Gasteiger charge is 2.34. The smallest absolute Gasteiger partial charge is 0.243 e. The Bertz CT molecular complexity index is 636. The van der Waals surface area contributed by atoms with Crippen molar-refractivity contribution in [2.24, 2.45) is 0 Å². The molecule has 1 unspecified atom stereocenters. The van der Waals surface area contributed by atoms with Crippen LogP contribution < -0.4 is 0 Å². The molecule has 0 bridgehead atoms. The SMILES string of the molecule is Cc1c(Br)cc(CCl)cc1S(=O)(=O)N1CCN(C)CC1C. The zero-order valence-electron chi connectivity index (χ0n) is 12.4. The molecule has 1 aromatic rings. The number of rotatable bonds is 3. The van der Waals surface area contributed by atoms with Gasteiger partial charge >= 0.3 is 0 Å². The molecule has 1 saturated heterocycles. The molecule has 0 amide bonds. The summed E-state index contributed by atoms with van der Waals surface area (Å²) in [5, 5.41) is 0. The fraction of sp³-hybridized carbons (Fsp3) is 0.571. The minimum atomic E-state index is -3.50. The number of benzene rings is 1. The Morgan fingerprint density at radius 1 is 1.38 bits per heavy atom. The van der Waals surface area contributed by atoms with Crippen LogP contribution in [0.2, 0.25) is 0 Å². The van der Waals surface area contributed by atoms with Crippen LogP contribution in [-0.4, -0.2) is 50.3 Å². The first-order valence-corrected chi connectivity index (χ1v) is 9.59. The van der Waals surface area contributed by atoms with Gasteiger partial charge in [0.25, 0.3) is 0 Å². The van der Waals surface area contributed by atoms with Gasteiger partial charge in [-0.25, -0.2) is 8.42 Å². The van der Waals surface area contributed by atoms with E-state index in [1.54, 1.807) is 10.4 Å². The van der Waals surface area contributed by atoms with Crippen molar-refractivity contribution < 1.29 is 8.42 Å². The predicted molar refractivity (Wildman–Crippen MR) is 89.3 cm³/mol. The first-order valence-electron chi connectivity index (χ1n) is 6.82. The van der Waals surface area contributed by atoms with Crippen LogP contribution in [-0.2, 0) is 15.9 Å². The molecule has 1 atom stereocenters. The van der Waals surface area contributed by atoms with Crippen LogP contribution in [0, 0.1) is 6.92 Å². The van der Waals surface area contributed by atoms with Gasteiger partial charge in [0.05, 0.1) is 4.90 Å². The lowest BCUT2D eigenvalue weighted by Crippen LogP contribution is -2.52. The van der Waals surface area contributed by atoms with Crippen molar-refractivity contribution >= 4 is 37.6 Å². The average molecular weight is 396 g/mol. The van der Waals surface area contributed by atoms with Gasteiger partial charge in [0.15, 0.2) is 0 Å². The lowest BCUT2D eigenvalue weighted by Gasteiger charge is -2.37. The number of nitrogens with zero attached hydrogens (tertiary/aromatic N) is 2. The summed E-state index contributed by atoms with van der Waals surface area (Å²) in [5.74, 6) is 0.291. The van der Waals surface area contributed by atoms with Crippen molar-refractivity contribution in [2.45, 2.75) is 30.7 Å². The van der Waals surface area contributed by atoms with Gasteiger partial charge in [-0.3, -0.25) is 0 Å². The summed E-state index contributed by atoms with van der Waals surface area (Å²) < 4.78 is 28.4. The third kappa shape index (κ3) is 3.45. The second-order valence-corrected chi connectivity index (χ2v) is 8.54. The molecule has 0 radical (unpaired) electrons. The van der Waals surface area contributed by atoms with Crippen molar-refractivity contribution in [2.75, 3.05) is 26.7 Å². The Balaban J connectivity index is 2.47. The van der Waals surface area contributed by atoms with Crippen molar-refractivity contribution in [1.82, 2.24) is 9.21 Å². The van der Waals surface area contributed by atoms with E-state index >= 15 is 0 Å². The molecule has 0 saturated carbocycles. The summed E-state index contributed by atoms with van der Waals surface area (Å²) in [7, 11) is -1.49. The Morgan fingerprint density at radius 2 is 2.05 bits per heavy atom. The first kappa shape index (κ1) is 17.2. The Morgan fingerprint density at radius 3 is 2.62 bits per heavy atom. The summed E-state index contributed by atoms with van der Waals surface area (Å²) >= 11 is 9.30. The summed E-state index contributed by atoms with van der Waals surface area (Å²) in [6.45, 7) is 5.77. The van der Waals surface area contributed by atoms with E-state index in [2.05, 4.69) is 20.8 Å². The van der Waals surface area contributed by atoms with Crippen molar-refractivity contribution in [3.63, 3.8) is 0 Å². The largest absolute Gasteiger partial charge is 0.303 e. The maximum Gasteiger partial charge on any atom is 0.243 e. The van der Waals surface area contributed by atoms with Gasteiger partial charge in [0.2, 0.25) is 10.0 Å². The van der Waals surface area contributed by atoms with E-state index in [4.69, 9.17) is 11.6 Å². The molecule has 2 rings (SSSR count). The van der Waals surface area contributed by atoms with Crippen LogP contribution in [0.4, 0.5) is 0 Å². The van der Waals surface area contributed by atoms with Crippen LogP contribution in [0.3, 0.4) is 0 Å². The van der Waals surface area contributed by atoms with Gasteiger partial charge in [-0.15, -0.1) is 11.6 Å². The number of alkyl halides is 1. The highest BCUT2D eigenvalue weighted by atomic mass is 79.9. The molecular weight excluding hydrogens is 376 g/mol. The average Bonchev–Trinajstić information content (AvgIpc) is 2.40. The van der Waals surface area contributed by atoms with Crippen molar-refractivity contribution in [1.29, 1.82) is 0 Å². The van der Waals surface area contributed by atoms with Gasteiger partial charge in [0, 0.05) is 36.0 Å². The zero-order valence-corrected chi connectivity index (χ0v) is 15.6. The van der Waals surface area contributed by atoms with Crippen LogP contribution in [0.1, 0.15) is 18.1 Å². The highest BCUT2D eigenvalue weighted by Crippen LogP contribution is 2.30. The quantitative estimate of drug-likeness (QED) is 0.739. The maximum atomic E-state index is 13.0. The molecule has 0 N–H and O–H groups in total. The third-order valence-electron chi connectivity index (χ3n) is 3.87. The van der Waals surface area contributed by atoms with Crippen LogP contribution in [0.15, 0.2) is 21.5 Å². The number of hydrogen-bond acceptors (Lipinski definition) is 3. The summed E-state index contributed by atoms with van der Waals surface area (Å²) in [5.41, 5.74) is 1.53. The first-order chi connectivity index (χ1) is 9.77. The molecule has 0 aromatic heterocycles. The standard InChI is InChI=1S/C14H20BrClN2O2S/c1-10-9-17(3)4-5-18(10)21(19,20)14-7-12(8-16)6-13(15)11(14)2/h6-7,10H,4-5,8-9H2,1-3H3. The molecule has 1 heterocycles. The molecule has 1 fully saturated rings. The van der Waals surface area contributed by atoms with Gasteiger partial charge < -0.3 is 4.90 Å². The van der Waals surface area contributed by atoms with Gasteiger partial charge in [-0.2, -0.15) is 4.31 Å². The Hall–Kier alpha value is -0.140. The van der Waals surface area contributed by atoms with Crippen LogP contribution >= 0.6 is 27.5 Å². The summed E-state index contributed by atoms with van der Waals surface area (Å²) in [6.07, 6.45) is 0. The van der Waals surface area contributed by atoms with E-state index < -0.39 is 10.0 Å². The molecule has 1 aliphatic heterocycles. The number of halogens is 2. The Labute approximate surface area is 140 Å². The highest BCUT2D eigenvalue weighted by molar-refractivity contribution is 9.10. The maximum absolute atomic E-state index is 13.0. The van der Waals surface area contributed by atoms with Gasteiger partial charge in [-0.05, 0) is 44.2 Å². The second kappa shape index (κ2) is 6.54. The van der Waals surface area contributed by atoms with Crippen molar-refractivity contribution in [3.8, 4) is 0 Å². The molecule has 0 spiro atoms.